The van der Waals surface area contributed by atoms with Gasteiger partial charge in [-0.1, -0.05) is 39.8 Å². The Morgan fingerprint density at radius 1 is 0.657 bits per heavy atom. The van der Waals surface area contributed by atoms with Crippen LogP contribution in [0.4, 0.5) is 37.2 Å². The van der Waals surface area contributed by atoms with Gasteiger partial charge >= 0.3 is 18.4 Å². The van der Waals surface area contributed by atoms with Crippen LogP contribution >= 0.6 is 0 Å². The van der Waals surface area contributed by atoms with E-state index in [4.69, 9.17) is 19.4 Å². The minimum Gasteiger partial charge on any atom is -0.453 e. The Labute approximate surface area is 383 Å². The zero-order valence-corrected chi connectivity index (χ0v) is 38.0. The number of alkyl halides is 3. The molecule has 2 aromatic heterocycles. The number of aromatic nitrogens is 4. The second-order valence-corrected chi connectivity index (χ2v) is 18.2. The van der Waals surface area contributed by atoms with Crippen LogP contribution in [0.15, 0.2) is 48.5 Å². The first-order chi connectivity index (χ1) is 31.9. The molecule has 0 radical (unpaired) electrons. The molecule has 8 rings (SSSR count). The Hall–Kier alpha value is -6.47. The molecular formula is C47H54F5N9O6. The molecule has 0 saturated carbocycles. The quantitative estimate of drug-likeness (QED) is 0.0942. The molecule has 358 valence electrons. The largest absolute Gasteiger partial charge is 0.453 e. The van der Waals surface area contributed by atoms with Gasteiger partial charge in [0.25, 0.3) is 0 Å². The molecule has 20 heteroatoms. The van der Waals surface area contributed by atoms with Crippen molar-refractivity contribution >= 4 is 51.8 Å². The van der Waals surface area contributed by atoms with Crippen LogP contribution in [0.25, 0.3) is 22.1 Å². The number of carbonyl (C=O) groups is 4. The van der Waals surface area contributed by atoms with Crippen molar-refractivity contribution in [3.05, 3.63) is 88.5 Å². The monoisotopic (exact) mass is 935 g/mol. The molecule has 3 saturated heterocycles. The Bertz CT molecular complexity index is 2540. The predicted octanol–water partition coefficient (Wildman–Crippen LogP) is 8.91. The summed E-state index contributed by atoms with van der Waals surface area (Å²) >= 11 is 0. The van der Waals surface area contributed by atoms with Crippen molar-refractivity contribution in [3.8, 4) is 0 Å². The first-order valence-electron chi connectivity index (χ1n) is 22.5. The molecule has 5 aromatic rings. The highest BCUT2D eigenvalue weighted by molar-refractivity contribution is 5.87. The van der Waals surface area contributed by atoms with Crippen molar-refractivity contribution in [1.82, 2.24) is 40.4 Å². The van der Waals surface area contributed by atoms with E-state index in [2.05, 4.69) is 20.6 Å². The number of imidazole rings is 2. The number of fused-ring (bicyclic) bond motifs is 2. The molecule has 4 amide bonds. The molecule has 3 aliphatic rings. The highest BCUT2D eigenvalue weighted by Crippen LogP contribution is 2.49. The maximum absolute atomic E-state index is 16.2. The molecule has 3 aromatic carbocycles. The lowest BCUT2D eigenvalue weighted by atomic mass is 10.0. The Morgan fingerprint density at radius 3 is 1.51 bits per heavy atom. The van der Waals surface area contributed by atoms with E-state index >= 15 is 8.78 Å². The number of anilines is 1. The number of alkyl carbamates (subject to hydrolysis) is 2. The number of amides is 4. The minimum absolute atomic E-state index is 0.196. The summed E-state index contributed by atoms with van der Waals surface area (Å²) in [6, 6.07) is 7.89. The Kier molecular flexibility index (Phi) is 13.1. The third-order valence-electron chi connectivity index (χ3n) is 13.3. The summed E-state index contributed by atoms with van der Waals surface area (Å²) < 4.78 is 82.6. The van der Waals surface area contributed by atoms with Crippen LogP contribution in [0.1, 0.15) is 119 Å². The van der Waals surface area contributed by atoms with Gasteiger partial charge in [0.15, 0.2) is 0 Å². The topological polar surface area (TPSA) is 178 Å². The van der Waals surface area contributed by atoms with Gasteiger partial charge in [-0.2, -0.15) is 13.2 Å². The first-order valence-corrected chi connectivity index (χ1v) is 22.5. The molecule has 67 heavy (non-hydrogen) atoms. The first kappa shape index (κ1) is 47.0. The van der Waals surface area contributed by atoms with Gasteiger partial charge in [-0.05, 0) is 91.8 Å². The van der Waals surface area contributed by atoms with Gasteiger partial charge in [-0.25, -0.2) is 28.3 Å². The van der Waals surface area contributed by atoms with Gasteiger partial charge in [-0.3, -0.25) is 9.59 Å². The number of rotatable bonds is 11. The lowest BCUT2D eigenvalue weighted by Crippen LogP contribution is -2.51. The van der Waals surface area contributed by atoms with Crippen molar-refractivity contribution in [2.75, 3.05) is 32.2 Å². The van der Waals surface area contributed by atoms with Crippen LogP contribution in [0.3, 0.4) is 0 Å². The van der Waals surface area contributed by atoms with Crippen LogP contribution in [0.5, 0.6) is 0 Å². The molecule has 0 bridgehead atoms. The van der Waals surface area contributed by atoms with Gasteiger partial charge < -0.3 is 44.8 Å². The maximum Gasteiger partial charge on any atom is 0.419 e. The number of H-pyrrole nitrogens is 2. The van der Waals surface area contributed by atoms with Crippen LogP contribution in [-0.4, -0.2) is 93.1 Å². The number of nitrogens with zero attached hydrogens (tertiary/aromatic N) is 5. The summed E-state index contributed by atoms with van der Waals surface area (Å²) in [5.41, 5.74) is 1.64. The summed E-state index contributed by atoms with van der Waals surface area (Å²) in [5.74, 6) is -2.78. The van der Waals surface area contributed by atoms with Crippen molar-refractivity contribution < 1.29 is 50.6 Å². The van der Waals surface area contributed by atoms with Crippen molar-refractivity contribution in [2.24, 2.45) is 11.8 Å². The molecule has 3 fully saturated rings. The zero-order chi connectivity index (χ0) is 48.1. The number of carbonyl (C=O) groups excluding carboxylic acids is 4. The van der Waals surface area contributed by atoms with E-state index < -0.39 is 71.8 Å². The van der Waals surface area contributed by atoms with Crippen molar-refractivity contribution in [1.29, 1.82) is 0 Å². The van der Waals surface area contributed by atoms with Gasteiger partial charge in [0.1, 0.15) is 35.4 Å². The van der Waals surface area contributed by atoms with E-state index in [9.17, 15) is 32.3 Å². The highest BCUT2D eigenvalue weighted by atomic mass is 19.4. The standard InChI is InChI=1S/C47H54F5N9O6/c1-23(2)39(57-45(64)66-5)43(62)59-17-7-9-36(59)41-53-30-13-11-25(19-32(30)55-41)34-15-16-35(61(34)38-22-28(48)27(21-29(38)49)47(50,51)52)26-12-14-31-33(20-26)56-42(54-31)37-10-8-18-60(37)44(63)40(24(3)4)58-46(65)67-6/h11-14,19-24,34-37,39-40H,7-10,15-18H2,1-6H3,(H,53,55)(H,54,56)(H,57,64)(H,58,65)/t34-,35-,36+,37+,39+,40?/m1/s1. The zero-order valence-electron chi connectivity index (χ0n) is 38.0. The SMILES string of the molecule is COC(=O)NC(C(=O)N1CCC[C@H]1c1nc2cc([C@H]3CC[C@H](c4ccc5[nH]c([C@@H]6CCCN6C(=O)[C@@H](NC(=O)OC)C(C)C)nc5c4)N3c3cc(F)c(C(F)(F)F)cc3F)ccc2[nH]1)C(C)C. The van der Waals surface area contributed by atoms with Crippen molar-refractivity contribution in [3.63, 3.8) is 0 Å². The van der Waals surface area contributed by atoms with Crippen LogP contribution in [-0.2, 0) is 25.2 Å². The number of ether oxygens (including phenoxy) is 2. The molecular weight excluding hydrogens is 882 g/mol. The average molecular weight is 936 g/mol. The number of nitrogens with one attached hydrogen (secondary N) is 4. The van der Waals surface area contributed by atoms with Crippen LogP contribution < -0.4 is 15.5 Å². The lowest BCUT2D eigenvalue weighted by molar-refractivity contribution is -0.140. The number of methoxy groups -OCH3 is 2. The summed E-state index contributed by atoms with van der Waals surface area (Å²) in [6.07, 6.45) is -3.11. The molecule has 4 N–H and O–H groups in total. The Morgan fingerprint density at radius 2 is 1.10 bits per heavy atom. The van der Waals surface area contributed by atoms with Gasteiger partial charge in [-0.15, -0.1) is 0 Å². The maximum atomic E-state index is 16.2. The second kappa shape index (κ2) is 18.7. The molecule has 0 spiro atoms. The molecule has 5 heterocycles. The number of benzene rings is 3. The smallest absolute Gasteiger partial charge is 0.419 e. The predicted molar refractivity (Wildman–Crippen MR) is 236 cm³/mol. The van der Waals surface area contributed by atoms with Crippen LogP contribution in [0, 0.1) is 23.5 Å². The average Bonchev–Trinajstić information content (AvgIpc) is 4.15. The summed E-state index contributed by atoms with van der Waals surface area (Å²) in [6.45, 7) is 8.20. The van der Waals surface area contributed by atoms with Gasteiger partial charge in [0, 0.05) is 19.2 Å². The third-order valence-corrected chi connectivity index (χ3v) is 13.3. The van der Waals surface area contributed by atoms with E-state index in [1.807, 2.05) is 52.0 Å². The summed E-state index contributed by atoms with van der Waals surface area (Å²) in [5, 5.41) is 5.29. The normalized spacial score (nSPS) is 20.9. The second-order valence-electron chi connectivity index (χ2n) is 18.2. The number of hydrogen-bond donors (Lipinski definition) is 4. The third kappa shape index (κ3) is 9.18. The number of likely N-dealkylation sites (tertiary alicyclic amines) is 2. The summed E-state index contributed by atoms with van der Waals surface area (Å²) in [4.78, 5) is 73.4. The lowest BCUT2D eigenvalue weighted by Gasteiger charge is -2.34. The number of hydrogen-bond acceptors (Lipinski definition) is 9. The molecule has 3 aliphatic heterocycles. The fraction of sp³-hybridized carbons (Fsp3) is 0.489. The fourth-order valence-electron chi connectivity index (χ4n) is 9.95. The number of halogens is 5. The number of aromatic amines is 2. The minimum atomic E-state index is -5.13. The Balaban J connectivity index is 1.12. The molecule has 6 atom stereocenters. The molecule has 1 unspecified atom stereocenters. The van der Waals surface area contributed by atoms with E-state index in [1.54, 1.807) is 26.8 Å². The van der Waals surface area contributed by atoms with E-state index in [-0.39, 0.29) is 35.4 Å². The van der Waals surface area contributed by atoms with Gasteiger partial charge in [0.05, 0.1) is 71.7 Å². The molecule has 15 nitrogen and oxygen atoms in total. The van der Waals surface area contributed by atoms with E-state index in [0.29, 0.717) is 103 Å². The van der Waals surface area contributed by atoms with Gasteiger partial charge in [0.2, 0.25) is 11.8 Å². The highest BCUT2D eigenvalue weighted by Gasteiger charge is 2.42. The fourth-order valence-corrected chi connectivity index (χ4v) is 9.95. The van der Waals surface area contributed by atoms with E-state index in [0.717, 1.165) is 0 Å². The van der Waals surface area contributed by atoms with Crippen LogP contribution in [0.2, 0.25) is 0 Å². The van der Waals surface area contributed by atoms with Crippen molar-refractivity contribution in [2.45, 2.75) is 109 Å². The van der Waals surface area contributed by atoms with E-state index in [1.165, 1.54) is 14.2 Å². The molecule has 0 aliphatic carbocycles. The summed E-state index contributed by atoms with van der Waals surface area (Å²) in [7, 11) is 2.46.